The molecule has 0 aliphatic heterocycles. The Hall–Kier alpha value is -3.29. The van der Waals surface area contributed by atoms with Gasteiger partial charge in [0.05, 0.1) is 24.0 Å². The molecule has 0 heterocycles. The van der Waals surface area contributed by atoms with Gasteiger partial charge in [0.2, 0.25) is 0 Å². The summed E-state index contributed by atoms with van der Waals surface area (Å²) in [5.74, 6) is -2.06. The number of anilines is 1. The fourth-order valence-corrected chi connectivity index (χ4v) is 2.77. The molecule has 0 aliphatic rings. The van der Waals surface area contributed by atoms with E-state index in [4.69, 9.17) is 19.5 Å². The molecule has 2 aromatic carbocycles. The number of phenolic OH excluding ortho intramolecular Hbond substituents is 1. The number of nitrogens with zero attached hydrogens (tertiary/aromatic N) is 1. The van der Waals surface area contributed by atoms with Gasteiger partial charge in [0.15, 0.2) is 17.7 Å². The number of nitriles is 1. The molecule has 0 fully saturated rings. The summed E-state index contributed by atoms with van der Waals surface area (Å²) in [4.78, 5) is 23.8. The smallest absolute Gasteiger partial charge is 0.412 e. The number of halogens is 1. The van der Waals surface area contributed by atoms with Crippen LogP contribution in [0.2, 0.25) is 0 Å². The highest BCUT2D eigenvalue weighted by molar-refractivity contribution is 7.81. The van der Waals surface area contributed by atoms with E-state index in [0.717, 1.165) is 12.1 Å². The number of amides is 1. The molecule has 0 bridgehead atoms. The van der Waals surface area contributed by atoms with Gasteiger partial charge in [-0.1, -0.05) is 6.07 Å². The van der Waals surface area contributed by atoms with Gasteiger partial charge >= 0.3 is 12.1 Å². The second-order valence-corrected chi connectivity index (χ2v) is 6.61. The van der Waals surface area contributed by atoms with Crippen molar-refractivity contribution >= 4 is 30.4 Å². The van der Waals surface area contributed by atoms with Crippen LogP contribution in [0, 0.1) is 17.1 Å². The largest absolute Gasteiger partial charge is 0.505 e. The topological polar surface area (TPSA) is 118 Å². The SMILES string of the molecule is CO[C@@H](CCOC(=O)CS)[C@@H](OC(=O)Nc1ccc(C#N)cc1)c1ccc(O)c(F)c1. The molecular formula is C21H21FN2O6S. The number of rotatable bonds is 9. The van der Waals surface area contributed by atoms with Crippen molar-refractivity contribution in [2.24, 2.45) is 0 Å². The normalized spacial score (nSPS) is 12.3. The number of aromatic hydroxyl groups is 1. The van der Waals surface area contributed by atoms with Crippen LogP contribution in [-0.2, 0) is 19.0 Å². The Bertz CT molecular complexity index is 948. The molecule has 2 atom stereocenters. The maximum Gasteiger partial charge on any atom is 0.412 e. The van der Waals surface area contributed by atoms with Gasteiger partial charge in [-0.25, -0.2) is 9.18 Å². The first-order chi connectivity index (χ1) is 14.9. The number of esters is 1. The van der Waals surface area contributed by atoms with Gasteiger partial charge < -0.3 is 19.3 Å². The first-order valence-electron chi connectivity index (χ1n) is 9.13. The van der Waals surface area contributed by atoms with Crippen molar-refractivity contribution in [2.75, 3.05) is 24.8 Å². The minimum Gasteiger partial charge on any atom is -0.505 e. The summed E-state index contributed by atoms with van der Waals surface area (Å²) in [6.07, 6.45) is -2.57. The van der Waals surface area contributed by atoms with E-state index in [9.17, 15) is 19.1 Å². The molecule has 0 aliphatic carbocycles. The highest BCUT2D eigenvalue weighted by Crippen LogP contribution is 2.29. The lowest BCUT2D eigenvalue weighted by Gasteiger charge is -2.26. The first kappa shape index (κ1) is 24.0. The number of carbonyl (C=O) groups excluding carboxylic acids is 2. The van der Waals surface area contributed by atoms with Crippen molar-refractivity contribution in [2.45, 2.75) is 18.6 Å². The van der Waals surface area contributed by atoms with Crippen LogP contribution in [0.25, 0.3) is 0 Å². The number of benzene rings is 2. The molecule has 2 rings (SSSR count). The van der Waals surface area contributed by atoms with E-state index in [1.807, 2.05) is 6.07 Å². The molecular weight excluding hydrogens is 427 g/mol. The van der Waals surface area contributed by atoms with E-state index in [1.54, 1.807) is 0 Å². The van der Waals surface area contributed by atoms with Crippen molar-refractivity contribution in [1.82, 2.24) is 0 Å². The van der Waals surface area contributed by atoms with Crippen LogP contribution < -0.4 is 5.32 Å². The molecule has 0 spiro atoms. The molecule has 164 valence electrons. The summed E-state index contributed by atoms with van der Waals surface area (Å²) in [5, 5.41) is 20.8. The average molecular weight is 448 g/mol. The minimum atomic E-state index is -1.08. The lowest BCUT2D eigenvalue weighted by molar-refractivity contribution is -0.141. The lowest BCUT2D eigenvalue weighted by atomic mass is 10.0. The fourth-order valence-electron chi connectivity index (χ4n) is 2.68. The summed E-state index contributed by atoms with van der Waals surface area (Å²) < 4.78 is 29.8. The van der Waals surface area contributed by atoms with Crippen LogP contribution in [0.4, 0.5) is 14.9 Å². The Morgan fingerprint density at radius 2 is 1.97 bits per heavy atom. The lowest BCUT2D eigenvalue weighted by Crippen LogP contribution is -2.29. The minimum absolute atomic E-state index is 0.0322. The molecule has 8 nitrogen and oxygen atoms in total. The predicted octanol–water partition coefficient (Wildman–Crippen LogP) is 3.57. The standard InChI is InChI=1S/C21H21FN2O6S/c1-28-18(8-9-29-19(26)12-31)20(14-4-7-17(25)16(22)10-14)30-21(27)24-15-5-2-13(11-23)3-6-15/h2-7,10,18,20,25,31H,8-9,12H2,1H3,(H,24,27)/t18-,20-/m0/s1. The zero-order valence-corrected chi connectivity index (χ0v) is 17.5. The Morgan fingerprint density at radius 3 is 2.55 bits per heavy atom. The zero-order chi connectivity index (χ0) is 22.8. The number of ether oxygens (including phenoxy) is 3. The van der Waals surface area contributed by atoms with Gasteiger partial charge in [-0.2, -0.15) is 17.9 Å². The molecule has 2 N–H and O–H groups in total. The van der Waals surface area contributed by atoms with Crippen molar-refractivity contribution in [3.63, 3.8) is 0 Å². The second kappa shape index (κ2) is 11.8. The van der Waals surface area contributed by atoms with Gasteiger partial charge in [0.25, 0.3) is 0 Å². The zero-order valence-electron chi connectivity index (χ0n) is 16.6. The number of methoxy groups -OCH3 is 1. The first-order valence-corrected chi connectivity index (χ1v) is 9.76. The highest BCUT2D eigenvalue weighted by Gasteiger charge is 2.28. The van der Waals surface area contributed by atoms with Gasteiger partial charge in [0, 0.05) is 19.2 Å². The van der Waals surface area contributed by atoms with Gasteiger partial charge in [-0.15, -0.1) is 0 Å². The van der Waals surface area contributed by atoms with E-state index in [2.05, 4.69) is 17.9 Å². The molecule has 0 aromatic heterocycles. The van der Waals surface area contributed by atoms with E-state index < -0.39 is 35.8 Å². The summed E-state index contributed by atoms with van der Waals surface area (Å²) in [7, 11) is 1.37. The van der Waals surface area contributed by atoms with Crippen LogP contribution in [0.5, 0.6) is 5.75 Å². The Balaban J connectivity index is 2.18. The number of thiol groups is 1. The number of hydrogen-bond acceptors (Lipinski definition) is 8. The van der Waals surface area contributed by atoms with Crippen LogP contribution in [0.1, 0.15) is 23.7 Å². The maximum absolute atomic E-state index is 13.9. The predicted molar refractivity (Wildman–Crippen MR) is 112 cm³/mol. The quantitative estimate of drug-likeness (QED) is 0.396. The van der Waals surface area contributed by atoms with E-state index in [0.29, 0.717) is 11.3 Å². The average Bonchev–Trinajstić information content (AvgIpc) is 2.77. The number of hydrogen-bond donors (Lipinski definition) is 3. The number of carbonyl (C=O) groups is 2. The maximum atomic E-state index is 13.9. The summed E-state index contributed by atoms with van der Waals surface area (Å²) in [6, 6.07) is 11.6. The van der Waals surface area contributed by atoms with Crippen molar-refractivity contribution in [3.8, 4) is 11.8 Å². The van der Waals surface area contributed by atoms with Crippen LogP contribution >= 0.6 is 12.6 Å². The van der Waals surface area contributed by atoms with Crippen LogP contribution in [-0.4, -0.2) is 42.7 Å². The Labute approximate surface area is 183 Å². The molecule has 2 aromatic rings. The summed E-state index contributed by atoms with van der Waals surface area (Å²) >= 11 is 3.82. The third-order valence-corrected chi connectivity index (χ3v) is 4.49. The Kier molecular flexibility index (Phi) is 9.12. The second-order valence-electron chi connectivity index (χ2n) is 6.29. The molecule has 31 heavy (non-hydrogen) atoms. The van der Waals surface area contributed by atoms with Gasteiger partial charge in [0.1, 0.15) is 6.10 Å². The number of phenols is 1. The fraction of sp³-hybridized carbons (Fsp3) is 0.286. The van der Waals surface area contributed by atoms with Gasteiger partial charge in [-0.05, 0) is 42.0 Å². The van der Waals surface area contributed by atoms with Crippen LogP contribution in [0.3, 0.4) is 0 Å². The van der Waals surface area contributed by atoms with E-state index in [-0.39, 0.29) is 24.3 Å². The molecule has 0 saturated carbocycles. The summed E-state index contributed by atoms with van der Waals surface area (Å²) in [6.45, 7) is -0.0322. The van der Waals surface area contributed by atoms with Crippen molar-refractivity contribution < 1.29 is 33.3 Å². The Morgan fingerprint density at radius 1 is 1.26 bits per heavy atom. The molecule has 10 heteroatoms. The van der Waals surface area contributed by atoms with E-state index >= 15 is 0 Å². The highest BCUT2D eigenvalue weighted by atomic mass is 32.1. The third kappa shape index (κ3) is 7.16. The molecule has 1 amide bonds. The van der Waals surface area contributed by atoms with Crippen LogP contribution in [0.15, 0.2) is 42.5 Å². The summed E-state index contributed by atoms with van der Waals surface area (Å²) in [5.41, 5.74) is 1.04. The molecule has 0 radical (unpaired) electrons. The molecule has 0 unspecified atom stereocenters. The monoisotopic (exact) mass is 448 g/mol. The van der Waals surface area contributed by atoms with Gasteiger partial charge in [-0.3, -0.25) is 10.1 Å². The molecule has 0 saturated heterocycles. The van der Waals surface area contributed by atoms with E-state index in [1.165, 1.54) is 37.4 Å². The third-order valence-electron chi connectivity index (χ3n) is 4.23. The van der Waals surface area contributed by atoms with Crippen molar-refractivity contribution in [3.05, 3.63) is 59.4 Å². The number of nitrogens with one attached hydrogen (secondary N) is 1. The van der Waals surface area contributed by atoms with Crippen molar-refractivity contribution in [1.29, 1.82) is 5.26 Å².